The van der Waals surface area contributed by atoms with Crippen LogP contribution in [0.25, 0.3) is 0 Å². The van der Waals surface area contributed by atoms with E-state index >= 15 is 0 Å². The Labute approximate surface area is 174 Å². The van der Waals surface area contributed by atoms with Crippen LogP contribution < -0.4 is 5.32 Å². The van der Waals surface area contributed by atoms with Crippen LogP contribution in [0.1, 0.15) is 46.0 Å². The quantitative estimate of drug-likeness (QED) is 0.685. The SMILES string of the molecule is Cc1c(C#N)c(NC(=O)CN2CCc3sccc3[C@H]2C)n(Cc2ccco2)c1C. The summed E-state index contributed by atoms with van der Waals surface area (Å²) in [5.74, 6) is 1.22. The third-order valence-corrected chi connectivity index (χ3v) is 6.84. The number of furan rings is 1. The van der Waals surface area contributed by atoms with Gasteiger partial charge in [0.05, 0.1) is 24.9 Å². The molecular formula is C22H24N4O2S. The van der Waals surface area contributed by atoms with Crippen LogP contribution in [0.3, 0.4) is 0 Å². The van der Waals surface area contributed by atoms with Crippen LogP contribution in [0.15, 0.2) is 34.3 Å². The molecule has 0 bridgehead atoms. The predicted octanol–water partition coefficient (Wildman–Crippen LogP) is 4.24. The predicted molar refractivity (Wildman–Crippen MR) is 113 cm³/mol. The van der Waals surface area contributed by atoms with E-state index in [1.54, 1.807) is 17.6 Å². The van der Waals surface area contributed by atoms with Crippen molar-refractivity contribution < 1.29 is 9.21 Å². The molecule has 0 spiro atoms. The van der Waals surface area contributed by atoms with Gasteiger partial charge in [0.1, 0.15) is 17.6 Å². The van der Waals surface area contributed by atoms with Crippen LogP contribution in [0.2, 0.25) is 0 Å². The number of rotatable bonds is 5. The normalized spacial score (nSPS) is 16.4. The van der Waals surface area contributed by atoms with E-state index in [-0.39, 0.29) is 11.9 Å². The number of nitriles is 1. The molecule has 0 radical (unpaired) electrons. The number of thiophene rings is 1. The van der Waals surface area contributed by atoms with E-state index < -0.39 is 0 Å². The summed E-state index contributed by atoms with van der Waals surface area (Å²) < 4.78 is 7.42. The molecule has 29 heavy (non-hydrogen) atoms. The number of carbonyl (C=O) groups is 1. The van der Waals surface area contributed by atoms with Gasteiger partial charge in [-0.1, -0.05) is 0 Å². The summed E-state index contributed by atoms with van der Waals surface area (Å²) in [6.45, 7) is 7.64. The zero-order valence-electron chi connectivity index (χ0n) is 16.9. The third kappa shape index (κ3) is 3.61. The molecule has 0 aliphatic carbocycles. The first kappa shape index (κ1) is 19.5. The molecule has 150 valence electrons. The number of aromatic nitrogens is 1. The van der Waals surface area contributed by atoms with Gasteiger partial charge in [-0.05, 0) is 61.9 Å². The summed E-state index contributed by atoms with van der Waals surface area (Å²) >= 11 is 1.79. The van der Waals surface area contributed by atoms with E-state index in [0.717, 1.165) is 30.0 Å². The van der Waals surface area contributed by atoms with Gasteiger partial charge in [0.2, 0.25) is 5.91 Å². The first-order valence-corrected chi connectivity index (χ1v) is 10.6. The lowest BCUT2D eigenvalue weighted by molar-refractivity contribution is -0.118. The molecule has 4 rings (SSSR count). The number of hydrogen-bond acceptors (Lipinski definition) is 5. The Hall–Kier alpha value is -2.82. The molecule has 4 heterocycles. The summed E-state index contributed by atoms with van der Waals surface area (Å²) in [6.07, 6.45) is 2.60. The molecular weight excluding hydrogens is 384 g/mol. The van der Waals surface area contributed by atoms with Crippen LogP contribution in [-0.4, -0.2) is 28.5 Å². The van der Waals surface area contributed by atoms with Gasteiger partial charge in [0.25, 0.3) is 0 Å². The Morgan fingerprint density at radius 1 is 1.41 bits per heavy atom. The van der Waals surface area contributed by atoms with Gasteiger partial charge >= 0.3 is 0 Å². The van der Waals surface area contributed by atoms with Crippen molar-refractivity contribution in [1.82, 2.24) is 9.47 Å². The minimum Gasteiger partial charge on any atom is -0.467 e. The Kier molecular flexibility index (Phi) is 5.31. The van der Waals surface area contributed by atoms with Gasteiger partial charge in [0, 0.05) is 23.2 Å². The molecule has 1 amide bonds. The van der Waals surface area contributed by atoms with E-state index in [9.17, 15) is 10.1 Å². The van der Waals surface area contributed by atoms with Crippen molar-refractivity contribution in [2.75, 3.05) is 18.4 Å². The molecule has 1 aliphatic rings. The lowest BCUT2D eigenvalue weighted by atomic mass is 10.0. The van der Waals surface area contributed by atoms with Crippen molar-refractivity contribution in [3.05, 3.63) is 62.9 Å². The van der Waals surface area contributed by atoms with Crippen LogP contribution in [0.5, 0.6) is 0 Å². The second kappa shape index (κ2) is 7.90. The Balaban J connectivity index is 1.55. The number of carbonyl (C=O) groups excluding carboxylic acids is 1. The molecule has 7 heteroatoms. The smallest absolute Gasteiger partial charge is 0.239 e. The first-order valence-electron chi connectivity index (χ1n) is 9.72. The van der Waals surface area contributed by atoms with Crippen molar-refractivity contribution in [3.8, 4) is 6.07 Å². The number of anilines is 1. The molecule has 3 aromatic rings. The summed E-state index contributed by atoms with van der Waals surface area (Å²) in [4.78, 5) is 16.5. The zero-order valence-corrected chi connectivity index (χ0v) is 17.7. The number of amides is 1. The standard InChI is InChI=1S/C22H24N4O2S/c1-14-15(2)26(12-17-5-4-9-28-17)22(19(14)11-23)24-21(27)13-25-8-6-20-18(16(25)3)7-10-29-20/h4-5,7,9-10,16H,6,8,12-13H2,1-3H3,(H,24,27)/t16-/m1/s1. The molecule has 0 fully saturated rings. The van der Waals surface area contributed by atoms with Crippen LogP contribution in [-0.2, 0) is 17.8 Å². The molecule has 1 aliphatic heterocycles. The van der Waals surface area contributed by atoms with Gasteiger partial charge in [0.15, 0.2) is 0 Å². The fourth-order valence-corrected chi connectivity index (χ4v) is 4.98. The average Bonchev–Trinajstić information content (AvgIpc) is 3.42. The van der Waals surface area contributed by atoms with Gasteiger partial charge in [-0.3, -0.25) is 9.69 Å². The summed E-state index contributed by atoms with van der Waals surface area (Å²) in [7, 11) is 0. The maximum Gasteiger partial charge on any atom is 0.239 e. The number of nitrogens with zero attached hydrogens (tertiary/aromatic N) is 3. The van der Waals surface area contributed by atoms with Crippen molar-refractivity contribution >= 4 is 23.1 Å². The van der Waals surface area contributed by atoms with E-state index in [0.29, 0.717) is 24.5 Å². The Morgan fingerprint density at radius 2 is 2.24 bits per heavy atom. The monoisotopic (exact) mass is 408 g/mol. The molecule has 0 unspecified atom stereocenters. The van der Waals surface area contributed by atoms with Crippen LogP contribution >= 0.6 is 11.3 Å². The highest BCUT2D eigenvalue weighted by Gasteiger charge is 2.27. The second-order valence-electron chi connectivity index (χ2n) is 7.46. The van der Waals surface area contributed by atoms with Gasteiger partial charge in [-0.15, -0.1) is 11.3 Å². The van der Waals surface area contributed by atoms with Crippen LogP contribution in [0.4, 0.5) is 5.82 Å². The molecule has 0 aromatic carbocycles. The molecule has 1 N–H and O–H groups in total. The Bertz CT molecular complexity index is 1070. The molecule has 0 saturated heterocycles. The van der Waals surface area contributed by atoms with Crippen LogP contribution in [0, 0.1) is 25.2 Å². The van der Waals surface area contributed by atoms with Crippen molar-refractivity contribution in [2.24, 2.45) is 0 Å². The van der Waals surface area contributed by atoms with E-state index in [1.807, 2.05) is 30.5 Å². The molecule has 3 aromatic heterocycles. The molecule has 0 saturated carbocycles. The zero-order chi connectivity index (χ0) is 20.5. The lowest BCUT2D eigenvalue weighted by Gasteiger charge is -2.32. The second-order valence-corrected chi connectivity index (χ2v) is 8.46. The van der Waals surface area contributed by atoms with Gasteiger partial charge in [-0.25, -0.2) is 0 Å². The van der Waals surface area contributed by atoms with Gasteiger partial charge < -0.3 is 14.3 Å². The van der Waals surface area contributed by atoms with Crippen molar-refractivity contribution in [3.63, 3.8) is 0 Å². The van der Waals surface area contributed by atoms with Gasteiger partial charge in [-0.2, -0.15) is 5.26 Å². The Morgan fingerprint density at radius 3 is 2.97 bits per heavy atom. The minimum atomic E-state index is -0.106. The number of nitrogens with one attached hydrogen (secondary N) is 1. The molecule has 1 atom stereocenters. The van der Waals surface area contributed by atoms with Crippen molar-refractivity contribution in [2.45, 2.75) is 39.8 Å². The minimum absolute atomic E-state index is 0.106. The highest BCUT2D eigenvalue weighted by atomic mass is 32.1. The maximum absolute atomic E-state index is 12.9. The molecule has 6 nitrogen and oxygen atoms in total. The highest BCUT2D eigenvalue weighted by molar-refractivity contribution is 7.10. The van der Waals surface area contributed by atoms with E-state index in [4.69, 9.17) is 4.42 Å². The number of hydrogen-bond donors (Lipinski definition) is 1. The van der Waals surface area contributed by atoms with E-state index in [2.05, 4.69) is 34.7 Å². The largest absolute Gasteiger partial charge is 0.467 e. The fourth-order valence-electron chi connectivity index (χ4n) is 4.02. The highest BCUT2D eigenvalue weighted by Crippen LogP contribution is 2.33. The third-order valence-electron chi connectivity index (χ3n) is 5.84. The first-order chi connectivity index (χ1) is 14.0. The topological polar surface area (TPSA) is 74.2 Å². The average molecular weight is 409 g/mol. The van der Waals surface area contributed by atoms with E-state index in [1.165, 1.54) is 10.4 Å². The number of fused-ring (bicyclic) bond motifs is 1. The summed E-state index contributed by atoms with van der Waals surface area (Å²) in [5, 5.41) is 14.8. The summed E-state index contributed by atoms with van der Waals surface area (Å²) in [6, 6.07) is 8.35. The maximum atomic E-state index is 12.9. The fraction of sp³-hybridized carbons (Fsp3) is 0.364. The van der Waals surface area contributed by atoms with Crippen molar-refractivity contribution in [1.29, 1.82) is 5.26 Å². The lowest BCUT2D eigenvalue weighted by Crippen LogP contribution is -2.39. The summed E-state index contributed by atoms with van der Waals surface area (Å²) in [5.41, 5.74) is 3.65.